The van der Waals surface area contributed by atoms with Crippen LogP contribution in [0.15, 0.2) is 23.1 Å². The molecule has 8 nitrogen and oxygen atoms in total. The second kappa shape index (κ2) is 29.7. The van der Waals surface area contributed by atoms with Gasteiger partial charge in [-0.2, -0.15) is 15.1 Å². The fourth-order valence-corrected chi connectivity index (χ4v) is 2.28. The lowest BCUT2D eigenvalue weighted by Gasteiger charge is -2.18. The van der Waals surface area contributed by atoms with Gasteiger partial charge in [-0.25, -0.2) is 5.43 Å². The fourth-order valence-electron chi connectivity index (χ4n) is 2.28. The van der Waals surface area contributed by atoms with E-state index in [0.717, 1.165) is 43.7 Å². The largest absolute Gasteiger partial charge is 0.479 e. The smallest absolute Gasteiger partial charge is 0.318 e. The lowest BCUT2D eigenvalue weighted by Crippen LogP contribution is -2.20. The molecule has 0 amide bonds. The quantitative estimate of drug-likeness (QED) is 0.181. The van der Waals surface area contributed by atoms with Crippen molar-refractivity contribution < 1.29 is 9.47 Å². The van der Waals surface area contributed by atoms with Crippen LogP contribution in [0.3, 0.4) is 0 Å². The first-order chi connectivity index (χ1) is 17.0. The Balaban J connectivity index is -0.00000113. The van der Waals surface area contributed by atoms with E-state index >= 15 is 0 Å². The molecule has 0 aromatic carbocycles. The number of unbranched alkanes of at least 4 members (excludes halogenated alkanes) is 2. The van der Waals surface area contributed by atoms with Crippen molar-refractivity contribution in [2.75, 3.05) is 45.8 Å². The zero-order chi connectivity index (χ0) is 27.3. The van der Waals surface area contributed by atoms with Crippen LogP contribution in [0.4, 0.5) is 5.82 Å². The van der Waals surface area contributed by atoms with E-state index in [9.17, 15) is 0 Å². The molecule has 35 heavy (non-hydrogen) atoms. The molecule has 2 N–H and O–H groups in total. The monoisotopic (exact) mass is 496 g/mol. The highest BCUT2D eigenvalue weighted by Gasteiger charge is 2.09. The molecular weight excluding hydrogens is 440 g/mol. The van der Waals surface area contributed by atoms with Crippen LogP contribution in [0.2, 0.25) is 0 Å². The number of hydrogen-bond donors (Lipinski definition) is 2. The van der Waals surface area contributed by atoms with Crippen LogP contribution in [0.1, 0.15) is 93.2 Å². The first kappa shape index (κ1) is 37.2. The van der Waals surface area contributed by atoms with E-state index in [4.69, 9.17) is 9.47 Å². The molecule has 1 aromatic heterocycles. The number of nitrogens with zero attached hydrogens (tertiary/aromatic N) is 4. The van der Waals surface area contributed by atoms with Crippen molar-refractivity contribution in [2.45, 2.75) is 93.9 Å². The van der Waals surface area contributed by atoms with Gasteiger partial charge in [0.1, 0.15) is 5.82 Å². The van der Waals surface area contributed by atoms with Gasteiger partial charge in [0.05, 0.1) is 18.9 Å². The summed E-state index contributed by atoms with van der Waals surface area (Å²) >= 11 is 0. The van der Waals surface area contributed by atoms with Gasteiger partial charge in [0.2, 0.25) is 5.88 Å². The highest BCUT2D eigenvalue weighted by Crippen LogP contribution is 2.16. The van der Waals surface area contributed by atoms with E-state index in [1.807, 2.05) is 61.0 Å². The number of allylic oxidation sites excluding steroid dienone is 1. The molecule has 0 aliphatic heterocycles. The van der Waals surface area contributed by atoms with Crippen LogP contribution in [-0.2, 0) is 11.2 Å². The molecule has 206 valence electrons. The molecule has 0 unspecified atom stereocenters. The van der Waals surface area contributed by atoms with E-state index in [2.05, 4.69) is 58.4 Å². The van der Waals surface area contributed by atoms with Gasteiger partial charge >= 0.3 is 6.01 Å². The van der Waals surface area contributed by atoms with Gasteiger partial charge < -0.3 is 19.7 Å². The zero-order valence-corrected chi connectivity index (χ0v) is 24.7. The Morgan fingerprint density at radius 3 is 2.17 bits per heavy atom. The molecule has 0 saturated heterocycles. The molecule has 0 aliphatic carbocycles. The number of ether oxygens (including phenoxy) is 2. The normalized spacial score (nSPS) is 10.2. The Kier molecular flexibility index (Phi) is 31.6. The summed E-state index contributed by atoms with van der Waals surface area (Å²) in [6, 6.07) is 2.40. The Bertz CT molecular complexity index is 622. The maximum Gasteiger partial charge on any atom is 0.318 e. The van der Waals surface area contributed by atoms with Crippen molar-refractivity contribution in [1.29, 1.82) is 0 Å². The van der Waals surface area contributed by atoms with Crippen molar-refractivity contribution >= 4 is 12.0 Å². The summed E-state index contributed by atoms with van der Waals surface area (Å²) in [6.07, 6.45) is 9.91. The molecule has 1 aromatic rings. The maximum absolute atomic E-state index is 5.52. The highest BCUT2D eigenvalue weighted by atomic mass is 16.5. The number of rotatable bonds is 14. The van der Waals surface area contributed by atoms with E-state index < -0.39 is 0 Å². The van der Waals surface area contributed by atoms with Gasteiger partial charge in [-0.1, -0.05) is 60.8 Å². The Morgan fingerprint density at radius 1 is 1.03 bits per heavy atom. The molecule has 8 heteroatoms. The van der Waals surface area contributed by atoms with Crippen molar-refractivity contribution in [3.63, 3.8) is 0 Å². The average molecular weight is 497 g/mol. The lowest BCUT2D eigenvalue weighted by atomic mass is 10.3. The Hall–Kier alpha value is -2.35. The van der Waals surface area contributed by atoms with E-state index in [1.54, 1.807) is 6.21 Å². The van der Waals surface area contributed by atoms with E-state index in [0.29, 0.717) is 31.5 Å². The molecule has 1 heterocycles. The summed E-state index contributed by atoms with van der Waals surface area (Å²) in [5, 5.41) is 7.01. The summed E-state index contributed by atoms with van der Waals surface area (Å²) in [6.45, 7) is 18.5. The number of hydrogen-bond acceptors (Lipinski definition) is 8. The molecule has 0 fully saturated rings. The van der Waals surface area contributed by atoms with Gasteiger partial charge in [0.25, 0.3) is 0 Å². The van der Waals surface area contributed by atoms with E-state index in [-0.39, 0.29) is 0 Å². The molecule has 1 rings (SSSR count). The highest BCUT2D eigenvalue weighted by molar-refractivity contribution is 5.61. The third-order valence-corrected chi connectivity index (χ3v) is 3.74. The molecular formula is C27H56N6O2. The van der Waals surface area contributed by atoms with Crippen LogP contribution in [-0.4, -0.2) is 57.1 Å². The number of hydrazone groups is 1. The second-order valence-electron chi connectivity index (χ2n) is 7.33. The summed E-state index contributed by atoms with van der Waals surface area (Å²) < 4.78 is 11.0. The van der Waals surface area contributed by atoms with Gasteiger partial charge in [0, 0.05) is 32.3 Å². The summed E-state index contributed by atoms with van der Waals surface area (Å²) in [4.78, 5) is 11.1. The Labute approximate surface area is 217 Å². The topological polar surface area (TPSA) is 83.9 Å². The van der Waals surface area contributed by atoms with Gasteiger partial charge in [-0.3, -0.25) is 0 Å². The second-order valence-corrected chi connectivity index (χ2v) is 7.33. The predicted octanol–water partition coefficient (Wildman–Crippen LogP) is 6.19. The van der Waals surface area contributed by atoms with Crippen molar-refractivity contribution in [1.82, 2.24) is 20.7 Å². The van der Waals surface area contributed by atoms with Crippen LogP contribution < -0.4 is 20.4 Å². The van der Waals surface area contributed by atoms with Gasteiger partial charge in [-0.05, 0) is 46.9 Å². The molecule has 0 atom stereocenters. The third kappa shape index (κ3) is 23.2. The molecule has 0 bridgehead atoms. The zero-order valence-electron chi connectivity index (χ0n) is 24.7. The van der Waals surface area contributed by atoms with Crippen molar-refractivity contribution in [3.8, 4) is 6.01 Å². The summed E-state index contributed by atoms with van der Waals surface area (Å²) in [7, 11) is 5.79. The minimum absolute atomic E-state index is 0.410. The fraction of sp³-hybridized carbons (Fsp3) is 0.741. The van der Waals surface area contributed by atoms with Crippen molar-refractivity contribution in [2.24, 2.45) is 5.10 Å². The molecule has 0 spiro atoms. The van der Waals surface area contributed by atoms with Crippen LogP contribution >= 0.6 is 0 Å². The minimum atomic E-state index is 0.410. The standard InChI is InChI=1S/C20H35N5O2.C3H8.C2H7N.C2H6/c1-6-10-12-19(26-8-3)24-21-14-13-17-16-18(25(5)15-11-7-2)23-20(22-17)27-9-4;2*1-3-2;1-2/h12,14,16,24H,6-11,13,15H2,1-5H3;3H2,1-2H3;3H,1-2H3;1-2H3/b19-12-,21-14+;;;. The minimum Gasteiger partial charge on any atom is -0.479 e. The summed E-state index contributed by atoms with van der Waals surface area (Å²) in [5.74, 6) is 1.56. The number of nitrogens with one attached hydrogen (secondary N) is 2. The maximum atomic E-state index is 5.52. The molecule has 0 saturated carbocycles. The van der Waals surface area contributed by atoms with Crippen LogP contribution in [0.25, 0.3) is 0 Å². The summed E-state index contributed by atoms with van der Waals surface area (Å²) in [5.41, 5.74) is 3.82. The predicted molar refractivity (Wildman–Crippen MR) is 154 cm³/mol. The van der Waals surface area contributed by atoms with Crippen molar-refractivity contribution in [3.05, 3.63) is 23.7 Å². The first-order valence-electron chi connectivity index (χ1n) is 13.4. The molecule has 0 radical (unpaired) electrons. The first-order valence-corrected chi connectivity index (χ1v) is 13.4. The average Bonchev–Trinajstić information content (AvgIpc) is 2.86. The van der Waals surface area contributed by atoms with E-state index in [1.165, 1.54) is 6.42 Å². The lowest BCUT2D eigenvalue weighted by molar-refractivity contribution is 0.205. The van der Waals surface area contributed by atoms with Gasteiger partial charge in [0.15, 0.2) is 0 Å². The van der Waals surface area contributed by atoms with Crippen LogP contribution in [0.5, 0.6) is 6.01 Å². The van der Waals surface area contributed by atoms with Crippen LogP contribution in [0, 0.1) is 0 Å². The number of anilines is 1. The molecule has 0 aliphatic rings. The number of aromatic nitrogens is 2. The Morgan fingerprint density at radius 2 is 1.66 bits per heavy atom. The third-order valence-electron chi connectivity index (χ3n) is 3.74. The SMILES string of the molecule is CC.CCC.CCC/C=C(/N/N=C/Cc1cc(N(C)CCCC)nc(OCC)n1)OCC.CNC. The van der Waals surface area contributed by atoms with Gasteiger partial charge in [-0.15, -0.1) is 0 Å².